The van der Waals surface area contributed by atoms with Gasteiger partial charge in [0, 0.05) is 18.0 Å². The van der Waals surface area contributed by atoms with Gasteiger partial charge in [0.1, 0.15) is 12.3 Å². The Morgan fingerprint density at radius 2 is 1.79 bits per heavy atom. The van der Waals surface area contributed by atoms with Gasteiger partial charge in [-0.15, -0.1) is 11.8 Å². The van der Waals surface area contributed by atoms with Crippen molar-refractivity contribution in [3.05, 3.63) is 75.8 Å². The highest BCUT2D eigenvalue weighted by Gasteiger charge is 2.09. The number of nitrogens with zero attached hydrogens (tertiary/aromatic N) is 2. The zero-order valence-corrected chi connectivity index (χ0v) is 17.0. The molecule has 0 aliphatic heterocycles. The predicted molar refractivity (Wildman–Crippen MR) is 113 cm³/mol. The summed E-state index contributed by atoms with van der Waals surface area (Å²) >= 11 is 1.16. The van der Waals surface area contributed by atoms with E-state index >= 15 is 0 Å². The van der Waals surface area contributed by atoms with E-state index in [1.165, 1.54) is 10.5 Å². The van der Waals surface area contributed by atoms with Crippen LogP contribution < -0.4 is 10.9 Å². The minimum atomic E-state index is -0.468. The molecule has 0 spiro atoms. The van der Waals surface area contributed by atoms with Crippen LogP contribution in [0.4, 0.5) is 5.69 Å². The molecular formula is C21H21N3O4S. The number of carbonyl (C=O) groups is 2. The number of hydrogen-bond donors (Lipinski definition) is 1. The fraction of sp³-hybridized carbons (Fsp3) is 0.238. The average molecular weight is 411 g/mol. The Morgan fingerprint density at radius 3 is 2.55 bits per heavy atom. The summed E-state index contributed by atoms with van der Waals surface area (Å²) in [6.07, 6.45) is 1.71. The maximum Gasteiger partial charge on any atom is 0.316 e. The summed E-state index contributed by atoms with van der Waals surface area (Å²) < 4.78 is 6.61. The first-order valence-electron chi connectivity index (χ1n) is 8.99. The minimum absolute atomic E-state index is 0.0348. The van der Waals surface area contributed by atoms with Crippen LogP contribution in [-0.4, -0.2) is 32.8 Å². The van der Waals surface area contributed by atoms with Crippen molar-refractivity contribution in [1.29, 1.82) is 0 Å². The molecule has 3 rings (SSSR count). The Hall–Kier alpha value is -3.13. The van der Waals surface area contributed by atoms with Gasteiger partial charge in [0.2, 0.25) is 5.91 Å². The van der Waals surface area contributed by atoms with Crippen LogP contribution in [0.25, 0.3) is 5.65 Å². The van der Waals surface area contributed by atoms with Gasteiger partial charge in [0.25, 0.3) is 5.56 Å². The largest absolute Gasteiger partial charge is 0.459 e. The molecule has 0 aliphatic carbocycles. The normalized spacial score (nSPS) is 10.7. The van der Waals surface area contributed by atoms with Gasteiger partial charge in [-0.1, -0.05) is 23.8 Å². The van der Waals surface area contributed by atoms with E-state index in [2.05, 4.69) is 10.3 Å². The SMILES string of the molecule is Cc1ccc(NC(=O)CSCC(=O)OCc2cc(=O)n3cc(C)ccc3n2)cc1. The number of benzene rings is 1. The van der Waals surface area contributed by atoms with Crippen molar-refractivity contribution >= 4 is 35.0 Å². The van der Waals surface area contributed by atoms with E-state index in [4.69, 9.17) is 4.74 Å². The van der Waals surface area contributed by atoms with Crippen molar-refractivity contribution in [2.45, 2.75) is 20.5 Å². The molecule has 8 heteroatoms. The number of rotatable bonds is 7. The van der Waals surface area contributed by atoms with Crippen molar-refractivity contribution in [2.75, 3.05) is 16.8 Å². The lowest BCUT2D eigenvalue weighted by atomic mass is 10.2. The van der Waals surface area contributed by atoms with Crippen molar-refractivity contribution < 1.29 is 14.3 Å². The molecule has 3 aromatic rings. The first-order chi connectivity index (χ1) is 13.9. The number of hydrogen-bond acceptors (Lipinski definition) is 6. The summed E-state index contributed by atoms with van der Waals surface area (Å²) in [4.78, 5) is 40.3. The van der Waals surface area contributed by atoms with E-state index in [1.54, 1.807) is 12.3 Å². The fourth-order valence-corrected chi connectivity index (χ4v) is 3.20. The first kappa shape index (κ1) is 20.6. The number of nitrogens with one attached hydrogen (secondary N) is 1. The molecular weight excluding hydrogens is 390 g/mol. The summed E-state index contributed by atoms with van der Waals surface area (Å²) in [5.74, 6) is -0.486. The van der Waals surface area contributed by atoms with Gasteiger partial charge < -0.3 is 10.1 Å². The molecule has 1 amide bonds. The highest BCUT2D eigenvalue weighted by molar-refractivity contribution is 8.00. The zero-order valence-electron chi connectivity index (χ0n) is 16.2. The third kappa shape index (κ3) is 5.92. The number of amides is 1. The van der Waals surface area contributed by atoms with Crippen LogP contribution in [0.15, 0.2) is 53.5 Å². The van der Waals surface area contributed by atoms with Gasteiger partial charge in [-0.05, 0) is 37.6 Å². The molecule has 29 heavy (non-hydrogen) atoms. The lowest BCUT2D eigenvalue weighted by Gasteiger charge is -2.07. The third-order valence-corrected chi connectivity index (χ3v) is 4.94. The van der Waals surface area contributed by atoms with E-state index < -0.39 is 5.97 Å². The van der Waals surface area contributed by atoms with Crippen LogP contribution in [0, 0.1) is 13.8 Å². The van der Waals surface area contributed by atoms with Gasteiger partial charge in [-0.3, -0.25) is 18.8 Å². The van der Waals surface area contributed by atoms with E-state index in [0.717, 1.165) is 22.9 Å². The van der Waals surface area contributed by atoms with Crippen LogP contribution in [0.3, 0.4) is 0 Å². The van der Waals surface area contributed by atoms with Gasteiger partial charge in [-0.2, -0.15) is 0 Å². The quantitative estimate of drug-likeness (QED) is 0.602. The van der Waals surface area contributed by atoms with Crippen molar-refractivity contribution in [3.63, 3.8) is 0 Å². The highest BCUT2D eigenvalue weighted by atomic mass is 32.2. The van der Waals surface area contributed by atoms with E-state index in [9.17, 15) is 14.4 Å². The Labute approximate surface area is 172 Å². The molecule has 0 unspecified atom stereocenters. The van der Waals surface area contributed by atoms with Crippen LogP contribution in [-0.2, 0) is 20.9 Å². The molecule has 1 N–H and O–H groups in total. The monoisotopic (exact) mass is 411 g/mol. The number of esters is 1. The summed E-state index contributed by atoms with van der Waals surface area (Å²) in [6.45, 7) is 3.77. The second kappa shape index (κ2) is 9.38. The number of ether oxygens (including phenoxy) is 1. The first-order valence-corrected chi connectivity index (χ1v) is 10.1. The maximum atomic E-state index is 12.1. The van der Waals surface area contributed by atoms with Gasteiger partial charge >= 0.3 is 5.97 Å². The molecule has 0 bridgehead atoms. The topological polar surface area (TPSA) is 89.8 Å². The number of fused-ring (bicyclic) bond motifs is 1. The zero-order chi connectivity index (χ0) is 20.8. The standard InChI is InChI=1S/C21H21N3O4S/c1-14-3-6-16(7-4-14)23-19(25)12-29-13-21(27)28-11-17-9-20(26)24-10-15(2)5-8-18(24)22-17/h3-10H,11-13H2,1-2H3,(H,23,25). The lowest BCUT2D eigenvalue weighted by Crippen LogP contribution is -2.18. The summed E-state index contributed by atoms with van der Waals surface area (Å²) in [6, 6.07) is 12.4. The van der Waals surface area contributed by atoms with E-state index in [1.807, 2.05) is 44.2 Å². The predicted octanol–water partition coefficient (Wildman–Crippen LogP) is 2.73. The molecule has 0 saturated heterocycles. The third-order valence-electron chi connectivity index (χ3n) is 4.03. The van der Waals surface area contributed by atoms with Gasteiger partial charge in [0.05, 0.1) is 17.2 Å². The van der Waals surface area contributed by atoms with Crippen molar-refractivity contribution in [2.24, 2.45) is 0 Å². The minimum Gasteiger partial charge on any atom is -0.459 e. The number of thioether (sulfide) groups is 1. The summed E-state index contributed by atoms with van der Waals surface area (Å²) in [5, 5.41) is 2.77. The number of aromatic nitrogens is 2. The fourth-order valence-electron chi connectivity index (χ4n) is 2.59. The Morgan fingerprint density at radius 1 is 1.07 bits per heavy atom. The summed E-state index contributed by atoms with van der Waals surface area (Å²) in [7, 11) is 0. The van der Waals surface area contributed by atoms with Crippen LogP contribution in [0.1, 0.15) is 16.8 Å². The maximum absolute atomic E-state index is 12.1. The molecule has 2 aromatic heterocycles. The Kier molecular flexibility index (Phi) is 6.66. The molecule has 1 aromatic carbocycles. The second-order valence-corrected chi connectivity index (χ2v) is 7.57. The molecule has 0 saturated carbocycles. The molecule has 7 nitrogen and oxygen atoms in total. The van der Waals surface area contributed by atoms with E-state index in [0.29, 0.717) is 17.0 Å². The number of anilines is 1. The van der Waals surface area contributed by atoms with Gasteiger partial charge in [0.15, 0.2) is 0 Å². The number of aryl methyl sites for hydroxylation is 2. The van der Waals surface area contributed by atoms with Crippen LogP contribution >= 0.6 is 11.8 Å². The molecule has 0 atom stereocenters. The van der Waals surface area contributed by atoms with E-state index in [-0.39, 0.29) is 29.6 Å². The molecule has 2 heterocycles. The second-order valence-electron chi connectivity index (χ2n) is 6.59. The molecule has 0 aliphatic rings. The Balaban J connectivity index is 1.44. The van der Waals surface area contributed by atoms with Crippen LogP contribution in [0.2, 0.25) is 0 Å². The van der Waals surface area contributed by atoms with Crippen molar-refractivity contribution in [3.8, 4) is 0 Å². The lowest BCUT2D eigenvalue weighted by molar-refractivity contribution is -0.141. The smallest absolute Gasteiger partial charge is 0.316 e. The summed E-state index contributed by atoms with van der Waals surface area (Å²) in [5.41, 5.74) is 3.42. The van der Waals surface area contributed by atoms with Crippen LogP contribution in [0.5, 0.6) is 0 Å². The highest BCUT2D eigenvalue weighted by Crippen LogP contribution is 2.10. The van der Waals surface area contributed by atoms with Gasteiger partial charge in [-0.25, -0.2) is 4.98 Å². The Bertz CT molecular complexity index is 1090. The average Bonchev–Trinajstić information content (AvgIpc) is 2.69. The number of pyridine rings is 1. The number of carbonyl (C=O) groups excluding carboxylic acids is 2. The molecule has 0 radical (unpaired) electrons. The van der Waals surface area contributed by atoms with Crippen molar-refractivity contribution in [1.82, 2.24) is 9.38 Å². The molecule has 0 fully saturated rings. The molecule has 150 valence electrons.